The van der Waals surface area contributed by atoms with Gasteiger partial charge in [-0.3, -0.25) is 0 Å². The summed E-state index contributed by atoms with van der Waals surface area (Å²) >= 11 is 0. The molecule has 0 saturated carbocycles. The Balaban J connectivity index is 2.71. The molecule has 0 aliphatic carbocycles. The van der Waals surface area contributed by atoms with Gasteiger partial charge in [0.25, 0.3) is 5.72 Å². The highest BCUT2D eigenvalue weighted by Gasteiger charge is 2.61. The third kappa shape index (κ3) is 1.67. The van der Waals surface area contributed by atoms with Gasteiger partial charge >= 0.3 is 12.4 Å². The van der Waals surface area contributed by atoms with Crippen LogP contribution in [0.1, 0.15) is 11.1 Å². The monoisotopic (exact) mass is 269 g/mol. The van der Waals surface area contributed by atoms with Crippen molar-refractivity contribution < 1.29 is 31.4 Å². The van der Waals surface area contributed by atoms with E-state index in [2.05, 4.69) is 4.99 Å². The number of aliphatic imine (C=N–C) groups is 1. The number of rotatable bonds is 0. The van der Waals surface area contributed by atoms with Crippen LogP contribution in [0.3, 0.4) is 0 Å². The lowest BCUT2D eigenvalue weighted by molar-refractivity contribution is -0.262. The van der Waals surface area contributed by atoms with Gasteiger partial charge in [-0.15, -0.1) is 0 Å². The van der Waals surface area contributed by atoms with E-state index in [-0.39, 0.29) is 0 Å². The fourth-order valence-electron chi connectivity index (χ4n) is 1.71. The Kier molecular flexibility index (Phi) is 2.48. The van der Waals surface area contributed by atoms with Crippen LogP contribution in [0.2, 0.25) is 0 Å². The molecule has 18 heavy (non-hydrogen) atoms. The molecule has 0 amide bonds. The van der Waals surface area contributed by atoms with Gasteiger partial charge in [0.2, 0.25) is 0 Å². The van der Waals surface area contributed by atoms with Crippen molar-refractivity contribution in [2.24, 2.45) is 4.99 Å². The van der Waals surface area contributed by atoms with Crippen molar-refractivity contribution >= 4 is 5.71 Å². The molecule has 98 valence electrons. The highest BCUT2D eigenvalue weighted by molar-refractivity contribution is 6.08. The first-order valence-electron chi connectivity index (χ1n) is 4.63. The van der Waals surface area contributed by atoms with E-state index in [0.29, 0.717) is 0 Å². The quantitative estimate of drug-likeness (QED) is 0.722. The molecule has 1 aliphatic rings. The summed E-state index contributed by atoms with van der Waals surface area (Å²) in [7, 11) is 0. The van der Waals surface area contributed by atoms with Crippen molar-refractivity contribution in [3.8, 4) is 0 Å². The van der Waals surface area contributed by atoms with Crippen LogP contribution in [0, 0.1) is 0 Å². The van der Waals surface area contributed by atoms with E-state index < -0.39 is 34.9 Å². The van der Waals surface area contributed by atoms with E-state index in [4.69, 9.17) is 0 Å². The minimum absolute atomic E-state index is 0.759. The van der Waals surface area contributed by atoms with E-state index in [1.165, 1.54) is 0 Å². The molecule has 0 spiro atoms. The second kappa shape index (κ2) is 3.47. The van der Waals surface area contributed by atoms with Crippen LogP contribution < -0.4 is 0 Å². The van der Waals surface area contributed by atoms with Gasteiger partial charge in [0, 0.05) is 11.1 Å². The maximum absolute atomic E-state index is 12.7. The first kappa shape index (κ1) is 12.9. The number of alkyl halides is 6. The molecule has 1 aliphatic heterocycles. The van der Waals surface area contributed by atoms with Crippen molar-refractivity contribution in [2.45, 2.75) is 18.1 Å². The van der Waals surface area contributed by atoms with Crippen molar-refractivity contribution in [1.82, 2.24) is 0 Å². The zero-order valence-electron chi connectivity index (χ0n) is 8.47. The van der Waals surface area contributed by atoms with Gasteiger partial charge in [-0.1, -0.05) is 24.3 Å². The number of hydrogen-bond donors (Lipinski definition) is 1. The maximum atomic E-state index is 12.7. The molecule has 0 bridgehead atoms. The normalized spacial score (nSPS) is 23.8. The SMILES string of the molecule is OC1(C(F)(F)F)N=C(C(F)(F)F)c2ccccc21. The molecule has 0 saturated heterocycles. The predicted octanol–water partition coefficient (Wildman–Crippen LogP) is 2.76. The Morgan fingerprint density at radius 1 is 1.00 bits per heavy atom. The summed E-state index contributed by atoms with van der Waals surface area (Å²) in [5.41, 5.74) is -7.23. The fraction of sp³-hybridized carbons (Fsp3) is 0.300. The van der Waals surface area contributed by atoms with Crippen molar-refractivity contribution in [1.29, 1.82) is 0 Å². The Hall–Kier alpha value is -1.57. The van der Waals surface area contributed by atoms with E-state index in [0.717, 1.165) is 24.3 Å². The van der Waals surface area contributed by atoms with Crippen molar-refractivity contribution in [3.63, 3.8) is 0 Å². The van der Waals surface area contributed by atoms with Gasteiger partial charge < -0.3 is 5.11 Å². The van der Waals surface area contributed by atoms with Gasteiger partial charge in [0.15, 0.2) is 5.71 Å². The summed E-state index contributed by atoms with van der Waals surface area (Å²) in [6.07, 6.45) is -10.4. The van der Waals surface area contributed by atoms with Crippen LogP contribution >= 0.6 is 0 Å². The summed E-state index contributed by atoms with van der Waals surface area (Å²) in [6.45, 7) is 0. The lowest BCUT2D eigenvalue weighted by atomic mass is 9.98. The summed E-state index contributed by atoms with van der Waals surface area (Å²) in [5.74, 6) is 0. The van der Waals surface area contributed by atoms with Gasteiger partial charge in [-0.2, -0.15) is 26.3 Å². The van der Waals surface area contributed by atoms with E-state index >= 15 is 0 Å². The van der Waals surface area contributed by atoms with Crippen LogP contribution in [-0.2, 0) is 5.72 Å². The minimum Gasteiger partial charge on any atom is -0.359 e. The first-order chi connectivity index (χ1) is 8.07. The standard InChI is InChI=1S/C10H5F6NO/c11-9(12,13)7-5-3-1-2-4-6(5)8(18,17-7)10(14,15)16/h1-4,18H. The molecule has 1 atom stereocenters. The topological polar surface area (TPSA) is 32.6 Å². The van der Waals surface area contributed by atoms with Crippen LogP contribution in [0.5, 0.6) is 0 Å². The molecular weight excluding hydrogens is 264 g/mol. The molecule has 2 rings (SSSR count). The average Bonchev–Trinajstić information content (AvgIpc) is 2.53. The molecule has 0 aromatic heterocycles. The van der Waals surface area contributed by atoms with Crippen molar-refractivity contribution in [2.75, 3.05) is 0 Å². The fourth-order valence-corrected chi connectivity index (χ4v) is 1.71. The lowest BCUT2D eigenvalue weighted by Gasteiger charge is -2.23. The highest BCUT2D eigenvalue weighted by Crippen LogP contribution is 2.47. The number of benzene rings is 1. The van der Waals surface area contributed by atoms with Crippen molar-refractivity contribution in [3.05, 3.63) is 35.4 Å². The lowest BCUT2D eigenvalue weighted by Crippen LogP contribution is -2.39. The number of fused-ring (bicyclic) bond motifs is 1. The smallest absolute Gasteiger partial charge is 0.359 e. The molecule has 2 nitrogen and oxygen atoms in total. The van der Waals surface area contributed by atoms with E-state index in [1.807, 2.05) is 0 Å². The zero-order chi connectivity index (χ0) is 13.8. The number of hydrogen-bond acceptors (Lipinski definition) is 2. The number of aliphatic hydroxyl groups is 1. The second-order valence-electron chi connectivity index (χ2n) is 3.67. The molecule has 1 aromatic carbocycles. The van der Waals surface area contributed by atoms with E-state index in [9.17, 15) is 31.4 Å². The molecule has 8 heteroatoms. The third-order valence-corrected chi connectivity index (χ3v) is 2.50. The predicted molar refractivity (Wildman–Crippen MR) is 49.0 cm³/mol. The van der Waals surface area contributed by atoms with Gasteiger partial charge in [0.1, 0.15) is 0 Å². The summed E-state index contributed by atoms with van der Waals surface area (Å²) < 4.78 is 75.7. The summed E-state index contributed by atoms with van der Waals surface area (Å²) in [5, 5.41) is 9.40. The Bertz CT molecular complexity index is 518. The number of nitrogens with zero attached hydrogens (tertiary/aromatic N) is 1. The van der Waals surface area contributed by atoms with Crippen LogP contribution in [-0.4, -0.2) is 23.2 Å². The van der Waals surface area contributed by atoms with Crippen LogP contribution in [0.15, 0.2) is 29.3 Å². The molecule has 1 heterocycles. The largest absolute Gasteiger partial charge is 0.443 e. The molecule has 0 fully saturated rings. The summed E-state index contributed by atoms with van der Waals surface area (Å²) in [4.78, 5) is 2.45. The minimum atomic E-state index is -5.32. The van der Waals surface area contributed by atoms with Gasteiger partial charge in [-0.25, -0.2) is 4.99 Å². The molecule has 0 radical (unpaired) electrons. The molecule has 1 aromatic rings. The number of halogens is 6. The molecule has 1 N–H and O–H groups in total. The first-order valence-corrected chi connectivity index (χ1v) is 4.63. The second-order valence-corrected chi connectivity index (χ2v) is 3.67. The van der Waals surface area contributed by atoms with Gasteiger partial charge in [-0.05, 0) is 0 Å². The Morgan fingerprint density at radius 3 is 2.06 bits per heavy atom. The summed E-state index contributed by atoms with van der Waals surface area (Å²) in [6, 6.07) is 3.85. The zero-order valence-corrected chi connectivity index (χ0v) is 8.47. The maximum Gasteiger partial charge on any atom is 0.443 e. The van der Waals surface area contributed by atoms with Crippen LogP contribution in [0.25, 0.3) is 0 Å². The Labute approximate surface area is 96.6 Å². The third-order valence-electron chi connectivity index (χ3n) is 2.50. The van der Waals surface area contributed by atoms with Gasteiger partial charge in [0.05, 0.1) is 0 Å². The molecular formula is C10H5F6NO. The van der Waals surface area contributed by atoms with E-state index in [1.54, 1.807) is 0 Å². The highest BCUT2D eigenvalue weighted by atomic mass is 19.4. The average molecular weight is 269 g/mol. The molecule has 1 unspecified atom stereocenters. The Morgan fingerprint density at radius 2 is 1.56 bits per heavy atom. The van der Waals surface area contributed by atoms with Crippen LogP contribution in [0.4, 0.5) is 26.3 Å².